The predicted molar refractivity (Wildman–Crippen MR) is 88.9 cm³/mol. The topological polar surface area (TPSA) is 0 Å². The van der Waals surface area contributed by atoms with E-state index in [1.165, 1.54) is 18.4 Å². The largest absolute Gasteiger partial charge is 0.122 e. The van der Waals surface area contributed by atoms with Crippen LogP contribution in [0.5, 0.6) is 0 Å². The van der Waals surface area contributed by atoms with E-state index in [1.54, 1.807) is 17.7 Å². The molecule has 0 saturated carbocycles. The van der Waals surface area contributed by atoms with Crippen molar-refractivity contribution in [2.45, 2.75) is 32.6 Å². The molecule has 1 aromatic rings. The van der Waals surface area contributed by atoms with E-state index in [-0.39, 0.29) is 23.2 Å². The van der Waals surface area contributed by atoms with Crippen molar-refractivity contribution in [3.05, 3.63) is 77.9 Å². The Hall–Kier alpha value is -0.647. The monoisotopic (exact) mass is 374 g/mol. The summed E-state index contributed by atoms with van der Waals surface area (Å²) in [5, 5.41) is 0. The molecular formula is C19H21ClZr. The summed E-state index contributed by atoms with van der Waals surface area (Å²) in [6.45, 7) is 4.52. The molecule has 1 aromatic carbocycles. The third-order valence-electron chi connectivity index (χ3n) is 3.63. The van der Waals surface area contributed by atoms with Crippen LogP contribution < -0.4 is 0 Å². The summed E-state index contributed by atoms with van der Waals surface area (Å²) >= 11 is 5.14. The summed E-state index contributed by atoms with van der Waals surface area (Å²) in [6, 6.07) is 9.96. The zero-order chi connectivity index (χ0) is 15.1. The fourth-order valence-electron chi connectivity index (χ4n) is 2.28. The molecule has 0 N–H and O–H groups in total. The van der Waals surface area contributed by atoms with Gasteiger partial charge in [-0.2, -0.15) is 0 Å². The second-order valence-electron chi connectivity index (χ2n) is 5.28. The van der Waals surface area contributed by atoms with E-state index in [1.807, 2.05) is 30.3 Å². The molecule has 2 aliphatic carbocycles. The Balaban J connectivity index is 0.000000173. The molecule has 0 bridgehead atoms. The molecule has 2 heteroatoms. The van der Waals surface area contributed by atoms with Gasteiger partial charge < -0.3 is 0 Å². The number of benzene rings is 1. The van der Waals surface area contributed by atoms with Gasteiger partial charge in [0.05, 0.1) is 0 Å². The molecule has 0 fully saturated rings. The number of halogens is 1. The average Bonchev–Trinajstić information content (AvgIpc) is 3.11. The predicted octanol–water partition coefficient (Wildman–Crippen LogP) is 5.96. The van der Waals surface area contributed by atoms with Gasteiger partial charge in [0.25, 0.3) is 0 Å². The maximum atomic E-state index is 5.53. The molecule has 0 unspecified atom stereocenters. The van der Waals surface area contributed by atoms with E-state index in [4.69, 9.17) is 11.6 Å². The van der Waals surface area contributed by atoms with Gasteiger partial charge in [-0.3, -0.25) is 0 Å². The van der Waals surface area contributed by atoms with Gasteiger partial charge in [0.1, 0.15) is 0 Å². The van der Waals surface area contributed by atoms with Crippen molar-refractivity contribution in [1.82, 2.24) is 0 Å². The summed E-state index contributed by atoms with van der Waals surface area (Å²) in [5.41, 5.74) is 4.28. The van der Waals surface area contributed by atoms with Gasteiger partial charge in [-0.05, 0) is 5.56 Å². The van der Waals surface area contributed by atoms with Gasteiger partial charge in [0, 0.05) is 5.88 Å². The second kappa shape index (κ2) is 8.71. The summed E-state index contributed by atoms with van der Waals surface area (Å²) in [5.74, 6) is 0.612. The van der Waals surface area contributed by atoms with Crippen molar-refractivity contribution in [2.24, 2.45) is 0 Å². The Morgan fingerprint density at radius 2 is 1.43 bits per heavy atom. The Morgan fingerprint density at radius 1 is 0.905 bits per heavy atom. The quantitative estimate of drug-likeness (QED) is 0.571. The first-order valence-electron chi connectivity index (χ1n) is 7.30. The van der Waals surface area contributed by atoms with Crippen molar-refractivity contribution in [3.8, 4) is 0 Å². The summed E-state index contributed by atoms with van der Waals surface area (Å²) in [4.78, 5) is 0. The molecular weight excluding hydrogens is 355 g/mol. The molecule has 0 heterocycles. The SMILES string of the molecule is CC1=[C]([Zr][C]2=C(C)C=CC2)CC=C1.ClCc1ccccc1. The van der Waals surface area contributed by atoms with E-state index in [9.17, 15) is 0 Å². The Morgan fingerprint density at radius 3 is 1.76 bits per heavy atom. The van der Waals surface area contributed by atoms with Crippen molar-refractivity contribution < 1.29 is 23.2 Å². The molecule has 0 aromatic heterocycles. The fourth-order valence-corrected chi connectivity index (χ4v) is 5.81. The van der Waals surface area contributed by atoms with Crippen molar-refractivity contribution in [3.63, 3.8) is 0 Å². The molecule has 0 saturated heterocycles. The van der Waals surface area contributed by atoms with Crippen LogP contribution in [0.3, 0.4) is 0 Å². The number of alkyl halides is 1. The van der Waals surface area contributed by atoms with Crippen LogP contribution in [0.4, 0.5) is 0 Å². The number of rotatable bonds is 3. The van der Waals surface area contributed by atoms with E-state index in [0.29, 0.717) is 5.88 Å². The molecule has 0 spiro atoms. The minimum atomic E-state index is -0.385. The minimum Gasteiger partial charge on any atom is -0.122 e. The van der Waals surface area contributed by atoms with Crippen LogP contribution >= 0.6 is 11.6 Å². The third kappa shape index (κ3) is 5.24. The van der Waals surface area contributed by atoms with Crippen LogP contribution in [0, 0.1) is 0 Å². The van der Waals surface area contributed by atoms with E-state index in [0.717, 1.165) is 0 Å². The standard InChI is InChI=1S/C7H7Cl.2C6H7.Zr/c8-6-7-4-2-1-3-5-7;2*1-6-4-2-3-5-6;/h1-5H,6H2;2*2,4H,3H2,1H3;. The number of hydrogen-bond donors (Lipinski definition) is 0. The Kier molecular flexibility index (Phi) is 6.94. The van der Waals surface area contributed by atoms with E-state index < -0.39 is 0 Å². The molecule has 108 valence electrons. The van der Waals surface area contributed by atoms with Crippen LogP contribution in [0.1, 0.15) is 32.3 Å². The molecule has 0 radical (unpaired) electrons. The van der Waals surface area contributed by atoms with Gasteiger partial charge in [0.15, 0.2) is 0 Å². The first kappa shape index (κ1) is 16.7. The van der Waals surface area contributed by atoms with E-state index in [2.05, 4.69) is 38.2 Å². The zero-order valence-electron chi connectivity index (χ0n) is 12.7. The van der Waals surface area contributed by atoms with Gasteiger partial charge in [-0.25, -0.2) is 0 Å². The Bertz CT molecular complexity index is 557. The van der Waals surface area contributed by atoms with Gasteiger partial charge in [-0.15, -0.1) is 11.6 Å². The third-order valence-corrected chi connectivity index (χ3v) is 8.36. The molecule has 21 heavy (non-hydrogen) atoms. The maximum Gasteiger partial charge on any atom is 0.0474 e. The summed E-state index contributed by atoms with van der Waals surface area (Å²) in [6.07, 6.45) is 11.7. The maximum absolute atomic E-state index is 5.53. The summed E-state index contributed by atoms with van der Waals surface area (Å²) in [7, 11) is 0. The molecule has 0 atom stereocenters. The first-order chi connectivity index (χ1) is 10.2. The van der Waals surface area contributed by atoms with E-state index >= 15 is 0 Å². The number of allylic oxidation sites excluding steroid dienone is 8. The van der Waals surface area contributed by atoms with Gasteiger partial charge in [0.2, 0.25) is 0 Å². The van der Waals surface area contributed by atoms with Crippen molar-refractivity contribution in [2.75, 3.05) is 0 Å². The second-order valence-corrected chi connectivity index (χ2v) is 9.13. The Labute approximate surface area is 144 Å². The number of hydrogen-bond acceptors (Lipinski definition) is 0. The van der Waals surface area contributed by atoms with Gasteiger partial charge in [-0.1, -0.05) is 30.3 Å². The average molecular weight is 376 g/mol. The first-order valence-corrected chi connectivity index (χ1v) is 10.3. The molecule has 0 amide bonds. The fraction of sp³-hybridized carbons (Fsp3) is 0.263. The van der Waals surface area contributed by atoms with Gasteiger partial charge >= 0.3 is 91.9 Å². The zero-order valence-corrected chi connectivity index (χ0v) is 15.9. The molecule has 3 rings (SSSR count). The van der Waals surface area contributed by atoms with Crippen molar-refractivity contribution in [1.29, 1.82) is 0 Å². The summed E-state index contributed by atoms with van der Waals surface area (Å²) < 4.78 is 3.56. The van der Waals surface area contributed by atoms with Crippen molar-refractivity contribution >= 4 is 11.6 Å². The molecule has 0 aliphatic heterocycles. The van der Waals surface area contributed by atoms with Crippen LogP contribution in [0.2, 0.25) is 0 Å². The smallest absolute Gasteiger partial charge is 0.0474 e. The minimum absolute atomic E-state index is 0.385. The molecule has 0 nitrogen and oxygen atoms in total. The van der Waals surface area contributed by atoms with Crippen LogP contribution in [0.25, 0.3) is 0 Å². The van der Waals surface area contributed by atoms with Crippen LogP contribution in [-0.4, -0.2) is 0 Å². The normalized spacial score (nSPS) is 16.3. The van der Waals surface area contributed by atoms with Crippen LogP contribution in [0.15, 0.2) is 72.3 Å². The van der Waals surface area contributed by atoms with Crippen LogP contribution in [-0.2, 0) is 29.1 Å². The molecule has 2 aliphatic rings.